The van der Waals surface area contributed by atoms with Crippen LogP contribution in [-0.2, 0) is 4.79 Å². The summed E-state index contributed by atoms with van der Waals surface area (Å²) in [6.45, 7) is 3.89. The van der Waals surface area contributed by atoms with E-state index < -0.39 is 0 Å². The van der Waals surface area contributed by atoms with E-state index >= 15 is 0 Å². The van der Waals surface area contributed by atoms with Crippen LogP contribution in [0.2, 0.25) is 0 Å². The zero-order valence-corrected chi connectivity index (χ0v) is 5.27. The highest BCUT2D eigenvalue weighted by Crippen LogP contribution is 1.83. The van der Waals surface area contributed by atoms with Crippen LogP contribution in [0.5, 0.6) is 0 Å². The van der Waals surface area contributed by atoms with Crippen molar-refractivity contribution < 1.29 is 4.79 Å². The van der Waals surface area contributed by atoms with Crippen LogP contribution in [0.15, 0.2) is 17.4 Å². The number of rotatable bonds is 2. The molecule has 0 N–H and O–H groups in total. The fourth-order valence-electron chi connectivity index (χ4n) is 0.311. The lowest BCUT2D eigenvalue weighted by Gasteiger charge is -1.73. The highest BCUT2D eigenvalue weighted by molar-refractivity contribution is 5.51. The molecule has 0 aliphatic heterocycles. The lowest BCUT2D eigenvalue weighted by atomic mass is 10.3. The molecule has 0 unspecified atom stereocenters. The summed E-state index contributed by atoms with van der Waals surface area (Å²) in [6.07, 6.45) is 3.06. The molecule has 8 heavy (non-hydrogen) atoms. The van der Waals surface area contributed by atoms with Crippen molar-refractivity contribution in [2.45, 2.75) is 20.3 Å². The van der Waals surface area contributed by atoms with Gasteiger partial charge in [0.15, 0.2) is 0 Å². The average molecular weight is 110 g/mol. The summed E-state index contributed by atoms with van der Waals surface area (Å²) in [6, 6.07) is 0. The van der Waals surface area contributed by atoms with Crippen LogP contribution in [0.1, 0.15) is 20.3 Å². The topological polar surface area (TPSA) is 17.1 Å². The van der Waals surface area contributed by atoms with Crippen molar-refractivity contribution in [1.82, 2.24) is 0 Å². The molecule has 0 heterocycles. The van der Waals surface area contributed by atoms with Gasteiger partial charge in [0, 0.05) is 6.42 Å². The van der Waals surface area contributed by atoms with E-state index in [1.54, 1.807) is 6.08 Å². The normalized spacial score (nSPS) is 7.25. The Morgan fingerprint density at radius 2 is 2.25 bits per heavy atom. The lowest BCUT2D eigenvalue weighted by Crippen LogP contribution is -1.62. The molecule has 0 fully saturated rings. The van der Waals surface area contributed by atoms with E-state index in [4.69, 9.17) is 0 Å². The van der Waals surface area contributed by atoms with E-state index in [-0.39, 0.29) is 0 Å². The molecule has 0 amide bonds. The van der Waals surface area contributed by atoms with E-state index in [0.29, 0.717) is 6.42 Å². The van der Waals surface area contributed by atoms with Gasteiger partial charge < -0.3 is 4.79 Å². The first-order valence-electron chi connectivity index (χ1n) is 2.59. The number of carbonyl (C=O) groups is 1. The van der Waals surface area contributed by atoms with Crippen LogP contribution in [-0.4, -0.2) is 6.29 Å². The molecule has 0 saturated carbocycles. The second kappa shape index (κ2) is 4.35. The van der Waals surface area contributed by atoms with Crippen molar-refractivity contribution in [3.05, 3.63) is 17.4 Å². The molecular weight excluding hydrogens is 100 g/mol. The van der Waals surface area contributed by atoms with Crippen molar-refractivity contribution in [2.24, 2.45) is 0 Å². The van der Waals surface area contributed by atoms with Crippen molar-refractivity contribution in [3.63, 3.8) is 0 Å². The summed E-state index contributed by atoms with van der Waals surface area (Å²) in [5, 5.41) is 0. The van der Waals surface area contributed by atoms with Gasteiger partial charge in [-0.25, -0.2) is 0 Å². The SMILES string of the molecule is CC(C)=C=CCC=O. The number of allylic oxidation sites excluding steroid dienone is 1. The summed E-state index contributed by atoms with van der Waals surface area (Å²) < 4.78 is 0. The predicted molar refractivity (Wildman–Crippen MR) is 33.6 cm³/mol. The fraction of sp³-hybridized carbons (Fsp3) is 0.429. The average Bonchev–Trinajstić information content (AvgIpc) is 1.66. The molecule has 1 heteroatoms. The minimum absolute atomic E-state index is 0.477. The first-order chi connectivity index (χ1) is 3.77. The van der Waals surface area contributed by atoms with Gasteiger partial charge in [-0.1, -0.05) is 0 Å². The Bertz CT molecular complexity index is 123. The first-order valence-corrected chi connectivity index (χ1v) is 2.59. The molecule has 0 aromatic heterocycles. The molecule has 0 spiro atoms. The van der Waals surface area contributed by atoms with Gasteiger partial charge in [0.05, 0.1) is 0 Å². The molecule has 44 valence electrons. The standard InChI is InChI=1S/C7H10O/c1-7(2)5-3-4-6-8/h3,6H,4H2,1-2H3. The van der Waals surface area contributed by atoms with Crippen molar-refractivity contribution >= 4 is 6.29 Å². The van der Waals surface area contributed by atoms with Crippen LogP contribution in [0.4, 0.5) is 0 Å². The van der Waals surface area contributed by atoms with Crippen molar-refractivity contribution in [2.75, 3.05) is 0 Å². The number of hydrogen-bond acceptors (Lipinski definition) is 1. The quantitative estimate of drug-likeness (QED) is 0.390. The number of carbonyl (C=O) groups excluding carboxylic acids is 1. The molecule has 0 bridgehead atoms. The van der Waals surface area contributed by atoms with E-state index in [1.165, 1.54) is 0 Å². The summed E-state index contributed by atoms with van der Waals surface area (Å²) in [7, 11) is 0. The Morgan fingerprint density at radius 1 is 1.62 bits per heavy atom. The number of hydrogen-bond donors (Lipinski definition) is 0. The van der Waals surface area contributed by atoms with Gasteiger partial charge in [0.1, 0.15) is 6.29 Å². The second-order valence-corrected chi connectivity index (χ2v) is 1.75. The molecule has 0 aliphatic carbocycles. The van der Waals surface area contributed by atoms with Crippen molar-refractivity contribution in [1.29, 1.82) is 0 Å². The Labute approximate surface area is 49.7 Å². The molecule has 0 aliphatic rings. The minimum Gasteiger partial charge on any atom is -0.303 e. The first kappa shape index (κ1) is 7.19. The zero-order chi connectivity index (χ0) is 6.41. The molecule has 0 rings (SSSR count). The van der Waals surface area contributed by atoms with E-state index in [0.717, 1.165) is 11.9 Å². The van der Waals surface area contributed by atoms with Crippen molar-refractivity contribution in [3.8, 4) is 0 Å². The third kappa shape index (κ3) is 5.19. The molecule has 0 saturated heterocycles. The summed E-state index contributed by atoms with van der Waals surface area (Å²) in [4.78, 5) is 9.71. The van der Waals surface area contributed by atoms with Crippen LogP contribution in [0.3, 0.4) is 0 Å². The van der Waals surface area contributed by atoms with Crippen LogP contribution >= 0.6 is 0 Å². The third-order valence-corrected chi connectivity index (χ3v) is 0.605. The molecular formula is C7H10O. The Hall–Kier alpha value is -0.810. The van der Waals surface area contributed by atoms with Crippen LogP contribution in [0, 0.1) is 0 Å². The third-order valence-electron chi connectivity index (χ3n) is 0.605. The van der Waals surface area contributed by atoms with Gasteiger partial charge in [-0.3, -0.25) is 0 Å². The van der Waals surface area contributed by atoms with Crippen LogP contribution < -0.4 is 0 Å². The largest absolute Gasteiger partial charge is 0.303 e. The molecule has 1 nitrogen and oxygen atoms in total. The van der Waals surface area contributed by atoms with Gasteiger partial charge >= 0.3 is 0 Å². The monoisotopic (exact) mass is 110 g/mol. The van der Waals surface area contributed by atoms with Gasteiger partial charge in [0.25, 0.3) is 0 Å². The van der Waals surface area contributed by atoms with Gasteiger partial charge in [-0.05, 0) is 25.5 Å². The van der Waals surface area contributed by atoms with E-state index in [1.807, 2.05) is 13.8 Å². The maximum absolute atomic E-state index is 9.71. The minimum atomic E-state index is 0.477. The molecule has 0 radical (unpaired) electrons. The highest BCUT2D eigenvalue weighted by atomic mass is 16.1. The predicted octanol–water partition coefficient (Wildman–Crippen LogP) is 1.70. The van der Waals surface area contributed by atoms with Gasteiger partial charge in [-0.15, -0.1) is 5.73 Å². The Morgan fingerprint density at radius 3 is 2.62 bits per heavy atom. The Balaban J connectivity index is 3.63. The zero-order valence-electron chi connectivity index (χ0n) is 5.27. The Kier molecular flexibility index (Phi) is 3.91. The van der Waals surface area contributed by atoms with Gasteiger partial charge in [-0.2, -0.15) is 0 Å². The maximum Gasteiger partial charge on any atom is 0.124 e. The summed E-state index contributed by atoms with van der Waals surface area (Å²) >= 11 is 0. The molecule has 0 aromatic carbocycles. The maximum atomic E-state index is 9.71. The fourth-order valence-corrected chi connectivity index (χ4v) is 0.311. The number of aldehydes is 1. The lowest BCUT2D eigenvalue weighted by molar-refractivity contribution is -0.107. The second-order valence-electron chi connectivity index (χ2n) is 1.75. The summed E-state index contributed by atoms with van der Waals surface area (Å²) in [5.41, 5.74) is 4.01. The molecule has 0 atom stereocenters. The van der Waals surface area contributed by atoms with Crippen LogP contribution in [0.25, 0.3) is 0 Å². The summed E-state index contributed by atoms with van der Waals surface area (Å²) in [5.74, 6) is 0. The highest BCUT2D eigenvalue weighted by Gasteiger charge is 1.68. The van der Waals surface area contributed by atoms with E-state index in [9.17, 15) is 4.79 Å². The molecule has 0 aromatic rings. The smallest absolute Gasteiger partial charge is 0.124 e. The van der Waals surface area contributed by atoms with E-state index in [2.05, 4.69) is 5.73 Å². The van der Waals surface area contributed by atoms with Gasteiger partial charge in [0.2, 0.25) is 0 Å².